The van der Waals surface area contributed by atoms with Crippen LogP contribution in [0, 0.1) is 11.3 Å². The van der Waals surface area contributed by atoms with Crippen LogP contribution in [-0.4, -0.2) is 23.9 Å². The number of nitriles is 1. The second-order valence-electron chi connectivity index (χ2n) is 6.30. The Hall–Kier alpha value is -2.28. The molecule has 0 unspecified atom stereocenters. The second-order valence-corrected chi connectivity index (χ2v) is 6.30. The highest BCUT2D eigenvalue weighted by Crippen LogP contribution is 2.24. The van der Waals surface area contributed by atoms with E-state index in [1.54, 1.807) is 6.20 Å². The van der Waals surface area contributed by atoms with E-state index in [4.69, 9.17) is 0 Å². The molecule has 1 aromatic rings. The van der Waals surface area contributed by atoms with E-state index in [0.717, 1.165) is 37.2 Å². The number of carbonyl (C=O) groups excluding carboxylic acids is 1. The molecule has 0 radical (unpaired) electrons. The first-order chi connectivity index (χ1) is 11.1. The van der Waals surface area contributed by atoms with Crippen molar-refractivity contribution in [3.05, 3.63) is 41.6 Å². The van der Waals surface area contributed by atoms with Crippen molar-refractivity contribution in [1.82, 2.24) is 4.90 Å². The summed E-state index contributed by atoms with van der Waals surface area (Å²) >= 11 is 0. The lowest BCUT2D eigenvalue weighted by atomic mass is 10.0. The molecule has 1 fully saturated rings. The van der Waals surface area contributed by atoms with Gasteiger partial charge in [-0.1, -0.05) is 44.9 Å². The van der Waals surface area contributed by atoms with Crippen molar-refractivity contribution in [3.63, 3.8) is 0 Å². The summed E-state index contributed by atoms with van der Waals surface area (Å²) in [6, 6.07) is 9.79. The van der Waals surface area contributed by atoms with Gasteiger partial charge in [-0.15, -0.1) is 0 Å². The minimum Gasteiger partial charge on any atom is -0.376 e. The van der Waals surface area contributed by atoms with Gasteiger partial charge in [0.1, 0.15) is 11.6 Å². The highest BCUT2D eigenvalue weighted by atomic mass is 16.1. The number of rotatable bonds is 4. The Morgan fingerprint density at radius 2 is 1.87 bits per heavy atom. The van der Waals surface area contributed by atoms with E-state index >= 15 is 0 Å². The lowest BCUT2D eigenvalue weighted by Crippen LogP contribution is -2.22. The summed E-state index contributed by atoms with van der Waals surface area (Å²) in [4.78, 5) is 14.5. The van der Waals surface area contributed by atoms with E-state index in [9.17, 15) is 10.1 Å². The number of para-hydroxylation sites is 1. The monoisotopic (exact) mass is 311 g/mol. The molecule has 0 atom stereocenters. The van der Waals surface area contributed by atoms with Crippen LogP contribution in [0.15, 0.2) is 36.0 Å². The molecular weight excluding hydrogens is 286 g/mol. The highest BCUT2D eigenvalue weighted by Gasteiger charge is 2.15. The van der Waals surface area contributed by atoms with E-state index in [1.807, 2.05) is 30.3 Å². The minimum atomic E-state index is -0.329. The first-order valence-electron chi connectivity index (χ1n) is 8.38. The Balaban J connectivity index is 2.13. The van der Waals surface area contributed by atoms with Crippen molar-refractivity contribution >= 4 is 11.6 Å². The van der Waals surface area contributed by atoms with Crippen molar-refractivity contribution in [2.24, 2.45) is 0 Å². The fourth-order valence-corrected chi connectivity index (χ4v) is 2.85. The molecule has 4 heteroatoms. The number of likely N-dealkylation sites (tertiary alicyclic amines) is 1. The van der Waals surface area contributed by atoms with Gasteiger partial charge in [0.15, 0.2) is 0 Å². The minimum absolute atomic E-state index is 0.172. The van der Waals surface area contributed by atoms with Crippen LogP contribution >= 0.6 is 0 Å². The number of hydrogen-bond acceptors (Lipinski definition) is 3. The molecule has 1 amide bonds. The summed E-state index contributed by atoms with van der Waals surface area (Å²) in [7, 11) is 0. The van der Waals surface area contributed by atoms with Gasteiger partial charge in [0.2, 0.25) is 0 Å². The number of nitrogens with one attached hydrogen (secondary N) is 1. The van der Waals surface area contributed by atoms with Crippen molar-refractivity contribution in [2.75, 3.05) is 18.4 Å². The van der Waals surface area contributed by atoms with E-state index < -0.39 is 0 Å². The van der Waals surface area contributed by atoms with Crippen LogP contribution in [0.2, 0.25) is 0 Å². The van der Waals surface area contributed by atoms with E-state index in [1.165, 1.54) is 12.8 Å². The lowest BCUT2D eigenvalue weighted by molar-refractivity contribution is -0.112. The number of anilines is 1. The van der Waals surface area contributed by atoms with Gasteiger partial charge in [0.05, 0.1) is 0 Å². The Labute approximate surface area is 138 Å². The summed E-state index contributed by atoms with van der Waals surface area (Å²) in [5, 5.41) is 12.2. The Bertz CT molecular complexity index is 605. The summed E-state index contributed by atoms with van der Waals surface area (Å²) < 4.78 is 0. The van der Waals surface area contributed by atoms with Gasteiger partial charge in [-0.3, -0.25) is 4.79 Å². The molecule has 2 rings (SSSR count). The zero-order valence-electron chi connectivity index (χ0n) is 14.0. The maximum atomic E-state index is 12.4. The lowest BCUT2D eigenvalue weighted by Gasteiger charge is -2.18. The first kappa shape index (κ1) is 17.1. The van der Waals surface area contributed by atoms with Crippen molar-refractivity contribution in [1.29, 1.82) is 5.26 Å². The molecule has 1 aromatic carbocycles. The highest BCUT2D eigenvalue weighted by molar-refractivity contribution is 6.06. The zero-order chi connectivity index (χ0) is 16.7. The van der Waals surface area contributed by atoms with E-state index in [0.29, 0.717) is 5.92 Å². The molecule has 0 aliphatic carbocycles. The molecule has 122 valence electrons. The van der Waals surface area contributed by atoms with Crippen molar-refractivity contribution < 1.29 is 4.79 Å². The predicted octanol–water partition coefficient (Wildman–Crippen LogP) is 4.03. The number of amides is 1. The third kappa shape index (κ3) is 4.85. The molecule has 0 saturated carbocycles. The smallest absolute Gasteiger partial charge is 0.267 e. The molecule has 0 aromatic heterocycles. The zero-order valence-corrected chi connectivity index (χ0v) is 14.0. The van der Waals surface area contributed by atoms with Gasteiger partial charge in [0.25, 0.3) is 5.91 Å². The van der Waals surface area contributed by atoms with Gasteiger partial charge in [-0.05, 0) is 30.4 Å². The molecule has 0 bridgehead atoms. The molecule has 1 aliphatic rings. The van der Waals surface area contributed by atoms with Gasteiger partial charge < -0.3 is 10.2 Å². The van der Waals surface area contributed by atoms with Crippen LogP contribution in [0.4, 0.5) is 5.69 Å². The Morgan fingerprint density at radius 1 is 1.22 bits per heavy atom. The third-order valence-electron chi connectivity index (χ3n) is 4.15. The van der Waals surface area contributed by atoms with Gasteiger partial charge in [-0.25, -0.2) is 0 Å². The molecule has 1 N–H and O–H groups in total. The molecule has 23 heavy (non-hydrogen) atoms. The Kier molecular flexibility index (Phi) is 6.22. The first-order valence-corrected chi connectivity index (χ1v) is 8.38. The fourth-order valence-electron chi connectivity index (χ4n) is 2.85. The normalized spacial score (nSPS) is 15.9. The fraction of sp³-hybridized carbons (Fsp3) is 0.474. The number of carbonyl (C=O) groups is 1. The number of nitrogens with zero attached hydrogens (tertiary/aromatic N) is 2. The summed E-state index contributed by atoms with van der Waals surface area (Å²) in [5.74, 6) is -0.0172. The second kappa shape index (κ2) is 8.38. The topological polar surface area (TPSA) is 56.1 Å². The predicted molar refractivity (Wildman–Crippen MR) is 92.9 cm³/mol. The molecule has 4 nitrogen and oxygen atoms in total. The van der Waals surface area contributed by atoms with Gasteiger partial charge >= 0.3 is 0 Å². The van der Waals surface area contributed by atoms with Gasteiger partial charge in [0, 0.05) is 25.0 Å². The number of hydrogen-bond donors (Lipinski definition) is 1. The summed E-state index contributed by atoms with van der Waals surface area (Å²) in [5.41, 5.74) is 2.03. The molecule has 0 spiro atoms. The summed E-state index contributed by atoms with van der Waals surface area (Å²) in [6.45, 7) is 6.01. The average molecular weight is 311 g/mol. The van der Waals surface area contributed by atoms with Gasteiger partial charge in [-0.2, -0.15) is 5.26 Å². The quantitative estimate of drug-likeness (QED) is 0.674. The van der Waals surface area contributed by atoms with E-state index in [2.05, 4.69) is 24.1 Å². The van der Waals surface area contributed by atoms with Crippen LogP contribution in [0.1, 0.15) is 51.0 Å². The summed E-state index contributed by atoms with van der Waals surface area (Å²) in [6.07, 6.45) is 6.40. The SMILES string of the molecule is CC(C)c1ccccc1NC(=O)/C(C#N)=C\N1CCCCCC1. The maximum absolute atomic E-state index is 12.4. The maximum Gasteiger partial charge on any atom is 0.267 e. The molecular formula is C19H25N3O. The average Bonchev–Trinajstić information content (AvgIpc) is 2.81. The third-order valence-corrected chi connectivity index (χ3v) is 4.15. The van der Waals surface area contributed by atoms with Crippen molar-refractivity contribution in [3.8, 4) is 6.07 Å². The van der Waals surface area contributed by atoms with Crippen LogP contribution < -0.4 is 5.32 Å². The van der Waals surface area contributed by atoms with Crippen LogP contribution in [0.25, 0.3) is 0 Å². The van der Waals surface area contributed by atoms with Crippen molar-refractivity contribution in [2.45, 2.75) is 45.4 Å². The largest absolute Gasteiger partial charge is 0.376 e. The van der Waals surface area contributed by atoms with Crippen LogP contribution in [0.5, 0.6) is 0 Å². The molecule has 1 aliphatic heterocycles. The molecule has 1 heterocycles. The Morgan fingerprint density at radius 3 is 2.48 bits per heavy atom. The number of benzene rings is 1. The molecule has 1 saturated heterocycles. The van der Waals surface area contributed by atoms with Crippen LogP contribution in [0.3, 0.4) is 0 Å². The standard InChI is InChI=1S/C19H25N3O/c1-15(2)17-9-5-6-10-18(17)21-19(23)16(13-20)14-22-11-7-3-4-8-12-22/h5-6,9-10,14-15H,3-4,7-8,11-12H2,1-2H3,(H,21,23)/b16-14-. The van der Waals surface area contributed by atoms with Crippen LogP contribution in [-0.2, 0) is 4.79 Å². The van der Waals surface area contributed by atoms with E-state index in [-0.39, 0.29) is 11.5 Å².